The highest BCUT2D eigenvalue weighted by Gasteiger charge is 2.26. The summed E-state index contributed by atoms with van der Waals surface area (Å²) in [5.41, 5.74) is 6.06. The van der Waals surface area contributed by atoms with E-state index in [1.54, 1.807) is 6.92 Å². The van der Waals surface area contributed by atoms with Crippen molar-refractivity contribution in [2.24, 2.45) is 5.92 Å². The maximum Gasteiger partial charge on any atom is 0.340 e. The van der Waals surface area contributed by atoms with Crippen molar-refractivity contribution >= 4 is 17.3 Å². The number of nitro benzene ring substituents is 1. The molecule has 2 atom stereocenters. The number of esters is 1. The molecule has 1 aromatic carbocycles. The first kappa shape index (κ1) is 15.3. The lowest BCUT2D eigenvalue weighted by molar-refractivity contribution is -0.384. The van der Waals surface area contributed by atoms with E-state index in [2.05, 4.69) is 6.92 Å². The van der Waals surface area contributed by atoms with Crippen LogP contribution in [0.3, 0.4) is 0 Å². The molecule has 1 aliphatic carbocycles. The number of nitrogen functional groups attached to an aromatic ring is 1. The molecule has 0 heterocycles. The number of rotatable bonds is 3. The van der Waals surface area contributed by atoms with Gasteiger partial charge in [-0.15, -0.1) is 0 Å². The molecule has 1 saturated carbocycles. The van der Waals surface area contributed by atoms with Crippen LogP contribution in [0.1, 0.15) is 48.5 Å². The van der Waals surface area contributed by atoms with Crippen LogP contribution in [0.15, 0.2) is 12.1 Å². The van der Waals surface area contributed by atoms with Crippen molar-refractivity contribution in [3.8, 4) is 0 Å². The Kier molecular flexibility index (Phi) is 4.45. The molecule has 2 unspecified atom stereocenters. The van der Waals surface area contributed by atoms with Crippen molar-refractivity contribution in [2.45, 2.75) is 45.6 Å². The summed E-state index contributed by atoms with van der Waals surface area (Å²) >= 11 is 0. The second-order valence-electron chi connectivity index (χ2n) is 5.80. The van der Waals surface area contributed by atoms with E-state index in [-0.39, 0.29) is 23.0 Å². The van der Waals surface area contributed by atoms with E-state index in [9.17, 15) is 14.9 Å². The summed E-state index contributed by atoms with van der Waals surface area (Å²) in [6.07, 6.45) is 3.72. The van der Waals surface area contributed by atoms with Gasteiger partial charge in [-0.3, -0.25) is 10.1 Å². The fourth-order valence-corrected chi connectivity index (χ4v) is 2.80. The van der Waals surface area contributed by atoms with E-state index in [1.807, 2.05) is 0 Å². The first-order chi connectivity index (χ1) is 9.88. The van der Waals surface area contributed by atoms with Crippen LogP contribution >= 0.6 is 0 Å². The van der Waals surface area contributed by atoms with Crippen LogP contribution < -0.4 is 5.73 Å². The van der Waals surface area contributed by atoms with Gasteiger partial charge in [0.1, 0.15) is 11.8 Å². The second-order valence-corrected chi connectivity index (χ2v) is 5.80. The number of nitrogens with zero attached hydrogens (tertiary/aromatic N) is 1. The van der Waals surface area contributed by atoms with Crippen LogP contribution in [0.25, 0.3) is 0 Å². The highest BCUT2D eigenvalue weighted by atomic mass is 16.6. The molecule has 6 nitrogen and oxygen atoms in total. The quantitative estimate of drug-likeness (QED) is 0.399. The Balaban J connectivity index is 2.21. The zero-order valence-corrected chi connectivity index (χ0v) is 12.3. The van der Waals surface area contributed by atoms with Gasteiger partial charge in [0, 0.05) is 6.07 Å². The predicted molar refractivity (Wildman–Crippen MR) is 79.1 cm³/mol. The highest BCUT2D eigenvalue weighted by Crippen LogP contribution is 2.30. The van der Waals surface area contributed by atoms with Crippen molar-refractivity contribution in [3.63, 3.8) is 0 Å². The van der Waals surface area contributed by atoms with Gasteiger partial charge in [0.05, 0.1) is 10.5 Å². The highest BCUT2D eigenvalue weighted by molar-refractivity contribution is 5.97. The maximum absolute atomic E-state index is 12.2. The molecule has 0 amide bonds. The van der Waals surface area contributed by atoms with Gasteiger partial charge in [-0.2, -0.15) is 0 Å². The third-order valence-electron chi connectivity index (χ3n) is 3.88. The number of aryl methyl sites for hydroxylation is 1. The van der Waals surface area contributed by atoms with Gasteiger partial charge in [0.15, 0.2) is 0 Å². The van der Waals surface area contributed by atoms with E-state index >= 15 is 0 Å². The molecule has 0 aliphatic heterocycles. The Bertz CT molecular complexity index is 571. The van der Waals surface area contributed by atoms with Gasteiger partial charge in [0.25, 0.3) is 5.69 Å². The number of nitro groups is 1. The SMILES string of the molecule is Cc1cc(C(=O)OC2CCCC(C)C2)c(N)c([N+](=O)[O-])c1. The van der Waals surface area contributed by atoms with E-state index in [4.69, 9.17) is 10.5 Å². The summed E-state index contributed by atoms with van der Waals surface area (Å²) in [5.74, 6) is -0.0425. The Labute approximate surface area is 123 Å². The first-order valence-electron chi connectivity index (χ1n) is 7.14. The Morgan fingerprint density at radius 2 is 2.14 bits per heavy atom. The number of carbonyl (C=O) groups excluding carboxylic acids is 1. The number of ether oxygens (including phenoxy) is 1. The van der Waals surface area contributed by atoms with Crippen LogP contribution in [-0.4, -0.2) is 17.0 Å². The van der Waals surface area contributed by atoms with Gasteiger partial charge < -0.3 is 10.5 Å². The first-order valence-corrected chi connectivity index (χ1v) is 7.14. The van der Waals surface area contributed by atoms with Gasteiger partial charge >= 0.3 is 5.97 Å². The molecule has 2 rings (SSSR count). The predicted octanol–water partition coefficient (Wildman–Crippen LogP) is 3.22. The van der Waals surface area contributed by atoms with Crippen LogP contribution in [0, 0.1) is 23.0 Å². The molecule has 6 heteroatoms. The normalized spacial score (nSPS) is 21.8. The minimum Gasteiger partial charge on any atom is -0.459 e. The van der Waals surface area contributed by atoms with E-state index in [1.165, 1.54) is 12.1 Å². The summed E-state index contributed by atoms with van der Waals surface area (Å²) in [6.45, 7) is 3.82. The summed E-state index contributed by atoms with van der Waals surface area (Å²) in [7, 11) is 0. The van der Waals surface area contributed by atoms with Crippen molar-refractivity contribution < 1.29 is 14.5 Å². The van der Waals surface area contributed by atoms with E-state index in [0.717, 1.165) is 25.7 Å². The van der Waals surface area contributed by atoms with Gasteiger partial charge in [-0.1, -0.05) is 13.3 Å². The third-order valence-corrected chi connectivity index (χ3v) is 3.88. The Morgan fingerprint density at radius 3 is 2.76 bits per heavy atom. The lowest BCUT2D eigenvalue weighted by atomic mass is 9.88. The van der Waals surface area contributed by atoms with Crippen molar-refractivity contribution in [2.75, 3.05) is 5.73 Å². The van der Waals surface area contributed by atoms with Gasteiger partial charge in [-0.25, -0.2) is 4.79 Å². The largest absolute Gasteiger partial charge is 0.459 e. The van der Waals surface area contributed by atoms with Gasteiger partial charge in [-0.05, 0) is 43.7 Å². The zero-order chi connectivity index (χ0) is 15.6. The lowest BCUT2D eigenvalue weighted by Gasteiger charge is -2.26. The molecule has 0 spiro atoms. The molecule has 114 valence electrons. The van der Waals surface area contributed by atoms with E-state index < -0.39 is 10.9 Å². The minimum atomic E-state index is -0.582. The average Bonchev–Trinajstić information content (AvgIpc) is 2.40. The number of carbonyl (C=O) groups is 1. The number of benzene rings is 1. The Hall–Kier alpha value is -2.11. The van der Waals surface area contributed by atoms with Gasteiger partial charge in [0.2, 0.25) is 0 Å². The summed E-state index contributed by atoms with van der Waals surface area (Å²) < 4.78 is 5.48. The number of hydrogen-bond donors (Lipinski definition) is 1. The molecule has 1 fully saturated rings. The minimum absolute atomic E-state index is 0.0833. The topological polar surface area (TPSA) is 95.5 Å². The second kappa shape index (κ2) is 6.11. The average molecular weight is 292 g/mol. The molecule has 2 N–H and O–H groups in total. The van der Waals surface area contributed by atoms with Crippen molar-refractivity contribution in [1.82, 2.24) is 0 Å². The molecule has 0 bridgehead atoms. The molecular weight excluding hydrogens is 272 g/mol. The maximum atomic E-state index is 12.2. The molecule has 1 aromatic rings. The van der Waals surface area contributed by atoms with Crippen LogP contribution in [-0.2, 0) is 4.74 Å². The fraction of sp³-hybridized carbons (Fsp3) is 0.533. The van der Waals surface area contributed by atoms with Crippen LogP contribution in [0.4, 0.5) is 11.4 Å². The fourth-order valence-electron chi connectivity index (χ4n) is 2.80. The molecule has 21 heavy (non-hydrogen) atoms. The third kappa shape index (κ3) is 3.51. The molecule has 0 radical (unpaired) electrons. The molecule has 0 saturated heterocycles. The standard InChI is InChI=1S/C15H20N2O4/c1-9-4-3-5-11(6-9)21-15(18)12-7-10(2)8-13(14(12)16)17(19)20/h7-9,11H,3-6,16H2,1-2H3. The van der Waals surface area contributed by atoms with Crippen molar-refractivity contribution in [1.29, 1.82) is 0 Å². The number of hydrogen-bond acceptors (Lipinski definition) is 5. The number of anilines is 1. The summed E-state index contributed by atoms with van der Waals surface area (Å²) in [5, 5.41) is 11.0. The van der Waals surface area contributed by atoms with Crippen LogP contribution in [0.5, 0.6) is 0 Å². The molecule has 0 aromatic heterocycles. The Morgan fingerprint density at radius 1 is 1.43 bits per heavy atom. The summed E-state index contributed by atoms with van der Waals surface area (Å²) in [4.78, 5) is 22.6. The van der Waals surface area contributed by atoms with E-state index in [0.29, 0.717) is 11.5 Å². The smallest absolute Gasteiger partial charge is 0.340 e. The lowest BCUT2D eigenvalue weighted by Crippen LogP contribution is -2.25. The van der Waals surface area contributed by atoms with Crippen molar-refractivity contribution in [3.05, 3.63) is 33.4 Å². The zero-order valence-electron chi connectivity index (χ0n) is 12.3. The van der Waals surface area contributed by atoms with Crippen LogP contribution in [0.2, 0.25) is 0 Å². The monoisotopic (exact) mass is 292 g/mol. The molecule has 1 aliphatic rings. The molecular formula is C15H20N2O4. The summed E-state index contributed by atoms with van der Waals surface area (Å²) in [6, 6.07) is 2.89. The number of nitrogens with two attached hydrogens (primary N) is 1.